The maximum Gasteiger partial charge on any atom is 0.154 e. The molecule has 1 atom stereocenters. The zero-order valence-electron chi connectivity index (χ0n) is 11.2. The number of anilines is 1. The van der Waals surface area contributed by atoms with E-state index in [1.54, 1.807) is 0 Å². The van der Waals surface area contributed by atoms with Gasteiger partial charge in [0.05, 0.1) is 22.2 Å². The van der Waals surface area contributed by atoms with Crippen molar-refractivity contribution in [3.8, 4) is 0 Å². The minimum absolute atomic E-state index is 0.0470. The molecule has 4 nitrogen and oxygen atoms in total. The summed E-state index contributed by atoms with van der Waals surface area (Å²) in [6.07, 6.45) is 0. The molecule has 1 N–H and O–H groups in total. The van der Waals surface area contributed by atoms with Crippen molar-refractivity contribution in [1.29, 1.82) is 0 Å². The fourth-order valence-corrected chi connectivity index (χ4v) is 4.40. The average Bonchev–Trinajstić information content (AvgIpc) is 2.31. The average molecular weight is 303 g/mol. The molecule has 1 saturated heterocycles. The van der Waals surface area contributed by atoms with Gasteiger partial charge in [-0.2, -0.15) is 0 Å². The molecule has 106 valence electrons. The molecule has 1 fully saturated rings. The molecule has 1 aliphatic rings. The molecule has 0 radical (unpaired) electrons. The lowest BCUT2D eigenvalue weighted by atomic mass is 10.1. The first-order valence-corrected chi connectivity index (χ1v) is 8.53. The van der Waals surface area contributed by atoms with Crippen LogP contribution in [0.4, 0.5) is 5.69 Å². The Hall–Kier alpha value is -0.780. The minimum Gasteiger partial charge on any atom is -0.365 e. The van der Waals surface area contributed by atoms with E-state index in [9.17, 15) is 8.42 Å². The van der Waals surface area contributed by atoms with Crippen LogP contribution in [-0.4, -0.2) is 39.6 Å². The summed E-state index contributed by atoms with van der Waals surface area (Å²) in [4.78, 5) is 2.11. The number of nitrogens with zero attached hydrogens (tertiary/aromatic N) is 1. The Balaban J connectivity index is 2.36. The monoisotopic (exact) mass is 302 g/mol. The summed E-state index contributed by atoms with van der Waals surface area (Å²) in [7, 11) is -1.03. The van der Waals surface area contributed by atoms with Crippen LogP contribution in [0, 0.1) is 0 Å². The second-order valence-corrected chi connectivity index (χ2v) is 7.57. The molecule has 0 amide bonds. The molecule has 0 spiro atoms. The zero-order valence-corrected chi connectivity index (χ0v) is 12.8. The summed E-state index contributed by atoms with van der Waals surface area (Å²) in [6, 6.07) is 5.75. The van der Waals surface area contributed by atoms with E-state index < -0.39 is 9.84 Å². The maximum absolute atomic E-state index is 11.7. The lowest BCUT2D eigenvalue weighted by Crippen LogP contribution is -2.47. The summed E-state index contributed by atoms with van der Waals surface area (Å²) in [6.45, 7) is 3.15. The van der Waals surface area contributed by atoms with Crippen molar-refractivity contribution in [1.82, 2.24) is 5.32 Å². The first-order valence-electron chi connectivity index (χ1n) is 6.33. The molecule has 1 aliphatic heterocycles. The van der Waals surface area contributed by atoms with Gasteiger partial charge in [-0.1, -0.05) is 23.7 Å². The van der Waals surface area contributed by atoms with Gasteiger partial charge in [0.15, 0.2) is 9.84 Å². The maximum atomic E-state index is 11.7. The van der Waals surface area contributed by atoms with E-state index in [0.717, 1.165) is 11.3 Å². The molecule has 2 rings (SSSR count). The first-order chi connectivity index (χ1) is 8.94. The van der Waals surface area contributed by atoms with E-state index in [2.05, 4.69) is 10.2 Å². The van der Waals surface area contributed by atoms with Gasteiger partial charge in [0.2, 0.25) is 0 Å². The van der Waals surface area contributed by atoms with E-state index in [-0.39, 0.29) is 17.5 Å². The number of hydrogen-bond acceptors (Lipinski definition) is 4. The van der Waals surface area contributed by atoms with E-state index >= 15 is 0 Å². The summed E-state index contributed by atoms with van der Waals surface area (Å²) in [5.74, 6) is 0.388. The number of hydrogen-bond donors (Lipinski definition) is 1. The highest BCUT2D eigenvalue weighted by Crippen LogP contribution is 2.33. The normalized spacial score (nSPS) is 22.5. The van der Waals surface area contributed by atoms with E-state index in [1.807, 2.05) is 32.2 Å². The molecular weight excluding hydrogens is 284 g/mol. The van der Waals surface area contributed by atoms with Crippen LogP contribution < -0.4 is 10.2 Å². The Labute approximate surface area is 119 Å². The molecule has 1 aromatic carbocycles. The fourth-order valence-electron chi connectivity index (χ4n) is 2.55. The Bertz CT molecular complexity index is 560. The smallest absolute Gasteiger partial charge is 0.154 e. The predicted octanol–water partition coefficient (Wildman–Crippen LogP) is 1.68. The second-order valence-electron chi connectivity index (χ2n) is 4.93. The van der Waals surface area contributed by atoms with Crippen LogP contribution in [0.15, 0.2) is 18.2 Å². The number of sulfone groups is 1. The molecule has 0 aliphatic carbocycles. The lowest BCUT2D eigenvalue weighted by molar-refractivity contribution is 0.567. The van der Waals surface area contributed by atoms with Gasteiger partial charge in [-0.05, 0) is 25.6 Å². The summed E-state index contributed by atoms with van der Waals surface area (Å²) < 4.78 is 23.3. The number of nitrogens with one attached hydrogen (secondary N) is 1. The predicted molar refractivity (Wildman–Crippen MR) is 79.7 cm³/mol. The van der Waals surface area contributed by atoms with Gasteiger partial charge in [0.25, 0.3) is 0 Å². The van der Waals surface area contributed by atoms with Gasteiger partial charge < -0.3 is 10.2 Å². The topological polar surface area (TPSA) is 49.4 Å². The van der Waals surface area contributed by atoms with Gasteiger partial charge in [-0.25, -0.2) is 8.42 Å². The van der Waals surface area contributed by atoms with Crippen molar-refractivity contribution < 1.29 is 8.42 Å². The Morgan fingerprint density at radius 1 is 1.47 bits per heavy atom. The van der Waals surface area contributed by atoms with Crippen LogP contribution in [0.2, 0.25) is 5.02 Å². The van der Waals surface area contributed by atoms with Gasteiger partial charge in [-0.15, -0.1) is 0 Å². The van der Waals surface area contributed by atoms with Crippen molar-refractivity contribution >= 4 is 27.1 Å². The number of para-hydroxylation sites is 1. The number of rotatable bonds is 3. The molecule has 0 bridgehead atoms. The van der Waals surface area contributed by atoms with Crippen molar-refractivity contribution in [2.75, 3.05) is 30.0 Å². The first kappa shape index (κ1) is 14.6. The van der Waals surface area contributed by atoms with Crippen LogP contribution >= 0.6 is 11.6 Å². The van der Waals surface area contributed by atoms with Crippen LogP contribution in [0.5, 0.6) is 0 Å². The largest absolute Gasteiger partial charge is 0.365 e. The second kappa shape index (κ2) is 5.69. The summed E-state index contributed by atoms with van der Waals surface area (Å²) in [5.41, 5.74) is 2.06. The molecule has 0 saturated carbocycles. The summed E-state index contributed by atoms with van der Waals surface area (Å²) >= 11 is 6.32. The van der Waals surface area contributed by atoms with Gasteiger partial charge in [0, 0.05) is 19.1 Å². The van der Waals surface area contributed by atoms with Crippen LogP contribution in [0.25, 0.3) is 0 Å². The third-order valence-electron chi connectivity index (χ3n) is 3.40. The zero-order chi connectivity index (χ0) is 14.0. The minimum atomic E-state index is -2.91. The highest BCUT2D eigenvalue weighted by Gasteiger charge is 2.30. The van der Waals surface area contributed by atoms with Crippen molar-refractivity contribution in [3.05, 3.63) is 28.8 Å². The Morgan fingerprint density at radius 3 is 2.84 bits per heavy atom. The highest BCUT2D eigenvalue weighted by molar-refractivity contribution is 7.91. The fraction of sp³-hybridized carbons (Fsp3) is 0.538. The third-order valence-corrected chi connectivity index (χ3v) is 5.50. The highest BCUT2D eigenvalue weighted by atomic mass is 35.5. The molecule has 1 aromatic rings. The van der Waals surface area contributed by atoms with E-state index in [4.69, 9.17) is 11.6 Å². The Morgan fingerprint density at radius 2 is 2.21 bits per heavy atom. The van der Waals surface area contributed by atoms with Crippen molar-refractivity contribution in [2.45, 2.75) is 19.5 Å². The van der Waals surface area contributed by atoms with Crippen LogP contribution in [0.1, 0.15) is 12.5 Å². The van der Waals surface area contributed by atoms with E-state index in [1.165, 1.54) is 0 Å². The standard InChI is InChI=1S/C13H19ClN2O2S/c1-10-9-19(17,18)7-6-16(10)13-11(8-15-2)4-3-5-12(13)14/h3-5,10,15H,6-9H2,1-2H3. The lowest BCUT2D eigenvalue weighted by Gasteiger charge is -2.37. The molecule has 1 unspecified atom stereocenters. The third kappa shape index (κ3) is 3.22. The molecular formula is C13H19ClN2O2S. The van der Waals surface area contributed by atoms with Gasteiger partial charge >= 0.3 is 0 Å². The van der Waals surface area contributed by atoms with Crippen LogP contribution in [0.3, 0.4) is 0 Å². The quantitative estimate of drug-likeness (QED) is 0.923. The molecule has 6 heteroatoms. The SMILES string of the molecule is CNCc1cccc(Cl)c1N1CCS(=O)(=O)CC1C. The Kier molecular flexibility index (Phi) is 4.38. The molecule has 19 heavy (non-hydrogen) atoms. The van der Waals surface area contributed by atoms with E-state index in [0.29, 0.717) is 18.1 Å². The number of halogens is 1. The van der Waals surface area contributed by atoms with Crippen molar-refractivity contribution in [3.63, 3.8) is 0 Å². The molecule has 1 heterocycles. The molecule has 0 aromatic heterocycles. The summed E-state index contributed by atoms with van der Waals surface area (Å²) in [5, 5.41) is 3.80. The van der Waals surface area contributed by atoms with Crippen LogP contribution in [-0.2, 0) is 16.4 Å². The van der Waals surface area contributed by atoms with Gasteiger partial charge in [-0.3, -0.25) is 0 Å². The van der Waals surface area contributed by atoms with Crippen molar-refractivity contribution in [2.24, 2.45) is 0 Å². The van der Waals surface area contributed by atoms with Gasteiger partial charge in [0.1, 0.15) is 0 Å². The number of benzene rings is 1.